The molecule has 0 radical (unpaired) electrons. The zero-order valence-corrected chi connectivity index (χ0v) is 14.2. The molecule has 0 heterocycles. The average Bonchev–Trinajstić information content (AvgIpc) is 2.29. The normalized spacial score (nSPS) is 23.6. The average molecular weight is 333 g/mol. The lowest BCUT2D eigenvalue weighted by Gasteiger charge is -2.27. The van der Waals surface area contributed by atoms with E-state index >= 15 is 0 Å². The van der Waals surface area contributed by atoms with Crippen molar-refractivity contribution in [2.45, 2.75) is 58.4 Å². The molecule has 0 saturated heterocycles. The van der Waals surface area contributed by atoms with Crippen molar-refractivity contribution in [3.05, 3.63) is 0 Å². The van der Waals surface area contributed by atoms with E-state index in [2.05, 4.69) is 5.32 Å². The van der Waals surface area contributed by atoms with Gasteiger partial charge in [0.1, 0.15) is 5.75 Å². The summed E-state index contributed by atoms with van der Waals surface area (Å²) >= 11 is 0. The van der Waals surface area contributed by atoms with Crippen LogP contribution in [0.3, 0.4) is 0 Å². The molecule has 0 aromatic rings. The number of carboxylic acids is 1. The number of carbonyl (C=O) groups excluding carboxylic acids is 1. The van der Waals surface area contributed by atoms with E-state index in [1.807, 2.05) is 0 Å². The molecule has 1 saturated carbocycles. The number of carboxylic acid groups (broad SMARTS) is 1. The molecule has 1 amide bonds. The van der Waals surface area contributed by atoms with Gasteiger partial charge in [-0.3, -0.25) is 9.59 Å². The highest BCUT2D eigenvalue weighted by Gasteiger charge is 2.30. The summed E-state index contributed by atoms with van der Waals surface area (Å²) in [6, 6.07) is -0.473. The number of amides is 1. The van der Waals surface area contributed by atoms with Crippen LogP contribution in [0, 0.1) is 11.8 Å². The smallest absolute Gasteiger partial charge is 0.308 e. The van der Waals surface area contributed by atoms with E-state index in [0.717, 1.165) is 25.7 Å². The van der Waals surface area contributed by atoms with Gasteiger partial charge in [0.25, 0.3) is 0 Å². The molecule has 2 unspecified atom stereocenters. The minimum atomic E-state index is -3.44. The van der Waals surface area contributed by atoms with Crippen LogP contribution in [0.1, 0.15) is 52.4 Å². The largest absolute Gasteiger partial charge is 0.481 e. The number of nitrogens with one attached hydrogen (secondary N) is 1. The zero-order chi connectivity index (χ0) is 16.8. The third kappa shape index (κ3) is 6.77. The van der Waals surface area contributed by atoms with Crippen LogP contribution in [-0.4, -0.2) is 42.9 Å². The minimum absolute atomic E-state index is 0.0343. The molecule has 6 nitrogen and oxygen atoms in total. The second-order valence-electron chi connectivity index (χ2n) is 6.56. The molecular weight excluding hydrogens is 306 g/mol. The summed E-state index contributed by atoms with van der Waals surface area (Å²) in [5.74, 6) is -2.76. The third-order valence-corrected chi connectivity index (χ3v) is 5.74. The Balaban J connectivity index is 2.67. The fourth-order valence-corrected chi connectivity index (χ4v) is 4.58. The molecule has 2 atom stereocenters. The quantitative estimate of drug-likeness (QED) is 0.769. The van der Waals surface area contributed by atoms with Crippen molar-refractivity contribution in [1.29, 1.82) is 0 Å². The Labute approximate surface area is 132 Å². The summed E-state index contributed by atoms with van der Waals surface area (Å²) in [7, 11) is -3.44. The van der Waals surface area contributed by atoms with E-state index in [0.29, 0.717) is 12.8 Å². The predicted molar refractivity (Wildman–Crippen MR) is 84.3 cm³/mol. The molecule has 1 fully saturated rings. The molecule has 1 aliphatic carbocycles. The SMILES string of the molecule is CC(C)CS(=O)(=O)CC(=O)NC1CCCCCCC1C(=O)O. The summed E-state index contributed by atoms with van der Waals surface area (Å²) in [4.78, 5) is 23.4. The lowest BCUT2D eigenvalue weighted by molar-refractivity contribution is -0.143. The monoisotopic (exact) mass is 333 g/mol. The maximum Gasteiger partial charge on any atom is 0.308 e. The molecule has 1 rings (SSSR count). The molecule has 128 valence electrons. The first-order valence-electron chi connectivity index (χ1n) is 7.94. The molecule has 0 aromatic carbocycles. The molecule has 0 aliphatic heterocycles. The first-order valence-corrected chi connectivity index (χ1v) is 9.76. The van der Waals surface area contributed by atoms with E-state index < -0.39 is 39.4 Å². The Morgan fingerprint density at radius 3 is 2.27 bits per heavy atom. The first-order chi connectivity index (χ1) is 10.2. The first kappa shape index (κ1) is 18.9. The number of carbonyl (C=O) groups is 2. The number of aliphatic carboxylic acids is 1. The zero-order valence-electron chi connectivity index (χ0n) is 13.4. The summed E-state index contributed by atoms with van der Waals surface area (Å²) in [5.41, 5.74) is 0. The summed E-state index contributed by atoms with van der Waals surface area (Å²) in [5, 5.41) is 12.0. The van der Waals surface area contributed by atoms with Gasteiger partial charge < -0.3 is 10.4 Å². The van der Waals surface area contributed by atoms with Crippen LogP contribution in [0.2, 0.25) is 0 Å². The van der Waals surface area contributed by atoms with Gasteiger partial charge in [0.15, 0.2) is 9.84 Å². The van der Waals surface area contributed by atoms with E-state index in [1.165, 1.54) is 0 Å². The number of rotatable bonds is 6. The van der Waals surface area contributed by atoms with Crippen molar-refractivity contribution in [3.8, 4) is 0 Å². The van der Waals surface area contributed by atoms with Crippen LogP contribution in [0.25, 0.3) is 0 Å². The standard InChI is InChI=1S/C15H27NO5S/c1-11(2)9-22(20,21)10-14(17)16-13-8-6-4-3-5-7-12(13)15(18)19/h11-13H,3-10H2,1-2H3,(H,16,17)(H,18,19). The summed E-state index contributed by atoms with van der Waals surface area (Å²) < 4.78 is 23.7. The summed E-state index contributed by atoms with van der Waals surface area (Å²) in [6.07, 6.45) is 4.83. The van der Waals surface area contributed by atoms with Crippen LogP contribution in [0.5, 0.6) is 0 Å². The van der Waals surface area contributed by atoms with Crippen molar-refractivity contribution >= 4 is 21.7 Å². The van der Waals surface area contributed by atoms with Crippen LogP contribution in [0.15, 0.2) is 0 Å². The van der Waals surface area contributed by atoms with Crippen molar-refractivity contribution < 1.29 is 23.1 Å². The van der Waals surface area contributed by atoms with Gasteiger partial charge in [-0.05, 0) is 18.8 Å². The second-order valence-corrected chi connectivity index (χ2v) is 8.67. The van der Waals surface area contributed by atoms with Gasteiger partial charge in [-0.2, -0.15) is 0 Å². The topological polar surface area (TPSA) is 101 Å². The Kier molecular flexibility index (Phi) is 7.32. The lowest BCUT2D eigenvalue weighted by Crippen LogP contribution is -2.46. The molecule has 1 aliphatic rings. The number of hydrogen-bond donors (Lipinski definition) is 2. The van der Waals surface area contributed by atoms with E-state index in [1.54, 1.807) is 13.8 Å². The Morgan fingerprint density at radius 1 is 1.14 bits per heavy atom. The van der Waals surface area contributed by atoms with Crippen LogP contribution in [-0.2, 0) is 19.4 Å². The second kappa shape index (κ2) is 8.50. The fourth-order valence-electron chi connectivity index (χ4n) is 2.97. The van der Waals surface area contributed by atoms with Crippen LogP contribution < -0.4 is 5.32 Å². The van der Waals surface area contributed by atoms with Crippen molar-refractivity contribution in [2.24, 2.45) is 11.8 Å². The Morgan fingerprint density at radius 2 is 1.73 bits per heavy atom. The van der Waals surface area contributed by atoms with Crippen molar-refractivity contribution in [2.75, 3.05) is 11.5 Å². The van der Waals surface area contributed by atoms with Gasteiger partial charge in [0, 0.05) is 6.04 Å². The van der Waals surface area contributed by atoms with Crippen molar-refractivity contribution in [1.82, 2.24) is 5.32 Å². The Hall–Kier alpha value is -1.11. The number of sulfone groups is 1. The maximum absolute atomic E-state index is 12.0. The van der Waals surface area contributed by atoms with Crippen LogP contribution >= 0.6 is 0 Å². The molecule has 0 bridgehead atoms. The molecule has 7 heteroatoms. The third-order valence-electron chi connectivity index (χ3n) is 3.87. The highest BCUT2D eigenvalue weighted by molar-refractivity contribution is 7.92. The van der Waals surface area contributed by atoms with Gasteiger partial charge in [-0.15, -0.1) is 0 Å². The fraction of sp³-hybridized carbons (Fsp3) is 0.867. The van der Waals surface area contributed by atoms with Gasteiger partial charge >= 0.3 is 5.97 Å². The molecule has 0 spiro atoms. The van der Waals surface area contributed by atoms with E-state index in [9.17, 15) is 23.1 Å². The van der Waals surface area contributed by atoms with Gasteiger partial charge in [0.05, 0.1) is 11.7 Å². The molecule has 0 aromatic heterocycles. The van der Waals surface area contributed by atoms with Crippen LogP contribution in [0.4, 0.5) is 0 Å². The van der Waals surface area contributed by atoms with Gasteiger partial charge in [-0.1, -0.05) is 39.5 Å². The van der Waals surface area contributed by atoms with Gasteiger partial charge in [-0.25, -0.2) is 8.42 Å². The highest BCUT2D eigenvalue weighted by Crippen LogP contribution is 2.23. The lowest BCUT2D eigenvalue weighted by atomic mass is 9.87. The van der Waals surface area contributed by atoms with Crippen molar-refractivity contribution in [3.63, 3.8) is 0 Å². The molecule has 22 heavy (non-hydrogen) atoms. The van der Waals surface area contributed by atoms with E-state index in [4.69, 9.17) is 0 Å². The number of hydrogen-bond acceptors (Lipinski definition) is 4. The highest BCUT2D eigenvalue weighted by atomic mass is 32.2. The molecule has 2 N–H and O–H groups in total. The summed E-state index contributed by atoms with van der Waals surface area (Å²) in [6.45, 7) is 3.56. The Bertz CT molecular complexity index is 486. The predicted octanol–water partition coefficient (Wildman–Crippen LogP) is 1.60. The maximum atomic E-state index is 12.0. The van der Waals surface area contributed by atoms with E-state index in [-0.39, 0.29) is 11.7 Å². The van der Waals surface area contributed by atoms with Gasteiger partial charge in [0.2, 0.25) is 5.91 Å². The minimum Gasteiger partial charge on any atom is -0.481 e. The molecular formula is C15H27NO5S.